The molecule has 0 radical (unpaired) electrons. The number of rotatable bonds is 6. The molecule has 0 aliphatic carbocycles. The Morgan fingerprint density at radius 1 is 1.16 bits per heavy atom. The van der Waals surface area contributed by atoms with Gasteiger partial charge in [-0.15, -0.1) is 0 Å². The van der Waals surface area contributed by atoms with Gasteiger partial charge in [-0.3, -0.25) is 0 Å². The number of nitrogens with one attached hydrogen (secondary N) is 1. The van der Waals surface area contributed by atoms with Crippen LogP contribution in [0.15, 0.2) is 65.8 Å². The van der Waals surface area contributed by atoms with Crippen molar-refractivity contribution in [3.63, 3.8) is 0 Å². The van der Waals surface area contributed by atoms with Gasteiger partial charge in [0.05, 0.1) is 11.9 Å². The molecule has 0 atom stereocenters. The first-order chi connectivity index (χ1) is 12.0. The minimum absolute atomic E-state index is 0.130. The first kappa shape index (κ1) is 17.6. The zero-order chi connectivity index (χ0) is 17.9. The number of benzene rings is 2. The Labute approximate surface area is 150 Å². The Balaban J connectivity index is 1.64. The average Bonchev–Trinajstić information content (AvgIpc) is 3.04. The molecule has 2 aromatic carbocycles. The Bertz CT molecular complexity index is 975. The van der Waals surface area contributed by atoms with Crippen LogP contribution in [0.2, 0.25) is 5.02 Å². The van der Waals surface area contributed by atoms with E-state index in [1.807, 2.05) is 36.5 Å². The Morgan fingerprint density at radius 3 is 2.64 bits per heavy atom. The van der Waals surface area contributed by atoms with Crippen LogP contribution >= 0.6 is 11.6 Å². The van der Waals surface area contributed by atoms with Crippen LogP contribution in [0.25, 0.3) is 5.69 Å². The number of para-hydroxylation sites is 1. The fourth-order valence-electron chi connectivity index (χ4n) is 2.31. The molecular formula is C17H15ClFN3O2S. The lowest BCUT2D eigenvalue weighted by molar-refractivity contribution is 0.557. The van der Waals surface area contributed by atoms with Crippen molar-refractivity contribution in [1.82, 2.24) is 14.5 Å². The van der Waals surface area contributed by atoms with E-state index in [2.05, 4.69) is 9.82 Å². The summed E-state index contributed by atoms with van der Waals surface area (Å²) in [6.45, 7) is 0.130. The molecule has 130 valence electrons. The van der Waals surface area contributed by atoms with E-state index in [0.717, 1.165) is 23.4 Å². The number of sulfonamides is 1. The molecule has 0 spiro atoms. The molecule has 0 bridgehead atoms. The molecule has 0 saturated heterocycles. The van der Waals surface area contributed by atoms with Gasteiger partial charge in [0.1, 0.15) is 10.7 Å². The average molecular weight is 380 g/mol. The lowest BCUT2D eigenvalue weighted by atomic mass is 10.2. The smallest absolute Gasteiger partial charge is 0.241 e. The summed E-state index contributed by atoms with van der Waals surface area (Å²) in [4.78, 5) is -0.420. The highest BCUT2D eigenvalue weighted by Crippen LogP contribution is 2.18. The summed E-state index contributed by atoms with van der Waals surface area (Å²) in [5.74, 6) is -0.878. The van der Waals surface area contributed by atoms with E-state index in [9.17, 15) is 12.8 Å². The standard InChI is InChI=1S/C17H15ClFN3O2S/c18-14-6-7-17(16(19)10-14)25(23,24)21-9-8-13-11-20-22(12-13)15-4-2-1-3-5-15/h1-7,10-12,21H,8-9H2. The van der Waals surface area contributed by atoms with Gasteiger partial charge < -0.3 is 0 Å². The molecule has 0 fully saturated rings. The summed E-state index contributed by atoms with van der Waals surface area (Å²) in [5, 5.41) is 4.39. The highest BCUT2D eigenvalue weighted by Gasteiger charge is 2.18. The molecule has 8 heteroatoms. The van der Waals surface area contributed by atoms with E-state index >= 15 is 0 Å². The Kier molecular flexibility index (Phi) is 5.17. The van der Waals surface area contributed by atoms with Gasteiger partial charge in [0.2, 0.25) is 10.0 Å². The number of halogens is 2. The second-order valence-corrected chi connectivity index (χ2v) is 7.52. The topological polar surface area (TPSA) is 64.0 Å². The third-order valence-corrected chi connectivity index (χ3v) is 5.28. The summed E-state index contributed by atoms with van der Waals surface area (Å²) < 4.78 is 42.2. The Hall–Kier alpha value is -2.22. The molecular weight excluding hydrogens is 365 g/mol. The molecule has 0 saturated carbocycles. The predicted octanol–water partition coefficient (Wildman–Crippen LogP) is 3.19. The number of nitrogens with zero attached hydrogens (tertiary/aromatic N) is 2. The molecule has 3 rings (SSSR count). The maximum atomic E-state index is 13.8. The van der Waals surface area contributed by atoms with E-state index in [4.69, 9.17) is 11.6 Å². The number of hydrogen-bond donors (Lipinski definition) is 1. The molecule has 1 aromatic heterocycles. The minimum atomic E-state index is -3.93. The van der Waals surface area contributed by atoms with Crippen LogP contribution < -0.4 is 4.72 Å². The summed E-state index contributed by atoms with van der Waals surface area (Å²) in [7, 11) is -3.93. The molecule has 25 heavy (non-hydrogen) atoms. The van der Waals surface area contributed by atoms with Crippen LogP contribution in [0.1, 0.15) is 5.56 Å². The zero-order valence-corrected chi connectivity index (χ0v) is 14.6. The van der Waals surface area contributed by atoms with Gasteiger partial charge in [0.25, 0.3) is 0 Å². The van der Waals surface area contributed by atoms with Crippen molar-refractivity contribution in [2.75, 3.05) is 6.54 Å². The van der Waals surface area contributed by atoms with Crippen molar-refractivity contribution < 1.29 is 12.8 Å². The molecule has 5 nitrogen and oxygen atoms in total. The van der Waals surface area contributed by atoms with Crippen LogP contribution in [0.4, 0.5) is 4.39 Å². The van der Waals surface area contributed by atoms with Crippen LogP contribution in [0.5, 0.6) is 0 Å². The lowest BCUT2D eigenvalue weighted by Gasteiger charge is -2.07. The van der Waals surface area contributed by atoms with Crippen molar-refractivity contribution in [3.8, 4) is 5.69 Å². The number of aromatic nitrogens is 2. The van der Waals surface area contributed by atoms with Gasteiger partial charge in [-0.2, -0.15) is 5.10 Å². The van der Waals surface area contributed by atoms with Gasteiger partial charge in [0, 0.05) is 17.8 Å². The van der Waals surface area contributed by atoms with Crippen molar-refractivity contribution in [3.05, 3.63) is 77.3 Å². The third kappa shape index (κ3) is 4.25. The maximum absolute atomic E-state index is 13.8. The van der Waals surface area contributed by atoms with Crippen LogP contribution in [-0.2, 0) is 16.4 Å². The van der Waals surface area contributed by atoms with Gasteiger partial charge in [-0.1, -0.05) is 29.8 Å². The zero-order valence-electron chi connectivity index (χ0n) is 13.1. The van der Waals surface area contributed by atoms with Gasteiger partial charge >= 0.3 is 0 Å². The molecule has 3 aromatic rings. The fraction of sp³-hybridized carbons (Fsp3) is 0.118. The number of hydrogen-bond acceptors (Lipinski definition) is 3. The molecule has 0 unspecified atom stereocenters. The summed E-state index contributed by atoms with van der Waals surface area (Å²) in [6, 6.07) is 13.0. The normalized spacial score (nSPS) is 11.6. The largest absolute Gasteiger partial charge is 0.243 e. The van der Waals surface area contributed by atoms with E-state index in [-0.39, 0.29) is 11.6 Å². The molecule has 1 N–H and O–H groups in total. The highest BCUT2D eigenvalue weighted by molar-refractivity contribution is 7.89. The van der Waals surface area contributed by atoms with E-state index in [1.165, 1.54) is 6.07 Å². The van der Waals surface area contributed by atoms with Crippen molar-refractivity contribution in [2.45, 2.75) is 11.3 Å². The second-order valence-electron chi connectivity index (χ2n) is 5.35. The summed E-state index contributed by atoms with van der Waals surface area (Å²) in [5.41, 5.74) is 1.78. The van der Waals surface area contributed by atoms with Gasteiger partial charge in [-0.25, -0.2) is 22.2 Å². The first-order valence-corrected chi connectivity index (χ1v) is 9.35. The van der Waals surface area contributed by atoms with Crippen LogP contribution in [-0.4, -0.2) is 24.7 Å². The first-order valence-electron chi connectivity index (χ1n) is 7.49. The molecule has 0 amide bonds. The second kappa shape index (κ2) is 7.35. The third-order valence-electron chi connectivity index (χ3n) is 3.55. The molecule has 0 aliphatic rings. The van der Waals surface area contributed by atoms with Crippen molar-refractivity contribution in [1.29, 1.82) is 0 Å². The van der Waals surface area contributed by atoms with Gasteiger partial charge in [-0.05, 0) is 42.3 Å². The van der Waals surface area contributed by atoms with E-state index < -0.39 is 20.7 Å². The summed E-state index contributed by atoms with van der Waals surface area (Å²) >= 11 is 5.64. The highest BCUT2D eigenvalue weighted by atomic mass is 35.5. The maximum Gasteiger partial charge on any atom is 0.243 e. The van der Waals surface area contributed by atoms with E-state index in [0.29, 0.717) is 6.42 Å². The fourth-order valence-corrected chi connectivity index (χ4v) is 3.56. The van der Waals surface area contributed by atoms with Crippen LogP contribution in [0.3, 0.4) is 0 Å². The Morgan fingerprint density at radius 2 is 1.92 bits per heavy atom. The van der Waals surface area contributed by atoms with Crippen molar-refractivity contribution >= 4 is 21.6 Å². The predicted molar refractivity (Wildman–Crippen MR) is 93.9 cm³/mol. The molecule has 0 aliphatic heterocycles. The quantitative estimate of drug-likeness (QED) is 0.715. The minimum Gasteiger partial charge on any atom is -0.241 e. The van der Waals surface area contributed by atoms with Crippen LogP contribution in [0, 0.1) is 5.82 Å². The molecule has 1 heterocycles. The summed E-state index contributed by atoms with van der Waals surface area (Å²) in [6.07, 6.45) is 3.93. The lowest BCUT2D eigenvalue weighted by Crippen LogP contribution is -2.26. The SMILES string of the molecule is O=S(=O)(NCCc1cnn(-c2ccccc2)c1)c1ccc(Cl)cc1F. The van der Waals surface area contributed by atoms with E-state index in [1.54, 1.807) is 10.9 Å². The van der Waals surface area contributed by atoms with Gasteiger partial charge in [0.15, 0.2) is 0 Å². The van der Waals surface area contributed by atoms with Crippen molar-refractivity contribution in [2.24, 2.45) is 0 Å². The monoisotopic (exact) mass is 379 g/mol.